The molecule has 0 aliphatic heterocycles. The minimum absolute atomic E-state index is 0.0679. The Morgan fingerprint density at radius 3 is 2.12 bits per heavy atom. The topological polar surface area (TPSA) is 93.5 Å². The number of amides is 1. The van der Waals surface area contributed by atoms with Gasteiger partial charge in [0.15, 0.2) is 0 Å². The number of rotatable bonds is 12. The predicted molar refractivity (Wildman–Crippen MR) is 178 cm³/mol. The van der Waals surface area contributed by atoms with Crippen molar-refractivity contribution in [1.29, 1.82) is 0 Å². The van der Waals surface area contributed by atoms with Crippen molar-refractivity contribution in [3.63, 3.8) is 0 Å². The second kappa shape index (κ2) is 15.0. The third-order valence-electron chi connectivity index (χ3n) is 7.56. The van der Waals surface area contributed by atoms with Crippen molar-refractivity contribution >= 4 is 35.1 Å². The van der Waals surface area contributed by atoms with Crippen molar-refractivity contribution in [2.45, 2.75) is 44.9 Å². The van der Waals surface area contributed by atoms with Gasteiger partial charge in [0.2, 0.25) is 0 Å². The first-order chi connectivity index (χ1) is 22.9. The minimum Gasteiger partial charge on any atom is -0.478 e. The summed E-state index contributed by atoms with van der Waals surface area (Å²) in [5.74, 6) is -0.0835. The highest BCUT2D eigenvalue weighted by Crippen LogP contribution is 2.33. The fraction of sp³-hybridized carbons (Fsp3) is 0.194. The van der Waals surface area contributed by atoms with E-state index in [2.05, 4.69) is 12.2 Å². The lowest BCUT2D eigenvalue weighted by Crippen LogP contribution is -2.32. The Balaban J connectivity index is 1.46. The smallest absolute Gasteiger partial charge is 0.416 e. The van der Waals surface area contributed by atoms with Crippen LogP contribution in [0.5, 0.6) is 11.5 Å². The SMILES string of the molecule is CCCCn1cc(-c2ccc(Cl)cc2Cl)nc1[C@H](Cc1ccc(Oc2ccc(C(=O)O)cc2)cc1)NC(=O)c1ccc(C(F)(F)F)cc1. The van der Waals surface area contributed by atoms with E-state index in [1.54, 1.807) is 42.5 Å². The van der Waals surface area contributed by atoms with E-state index in [0.29, 0.717) is 45.2 Å². The molecule has 0 spiro atoms. The maximum atomic E-state index is 13.5. The van der Waals surface area contributed by atoms with Gasteiger partial charge in [-0.25, -0.2) is 9.78 Å². The molecule has 0 bridgehead atoms. The number of carbonyl (C=O) groups is 2. The van der Waals surface area contributed by atoms with Gasteiger partial charge in [0.25, 0.3) is 5.91 Å². The number of nitrogens with zero attached hydrogens (tertiary/aromatic N) is 2. The molecular formula is C36H30Cl2F3N3O4. The molecule has 48 heavy (non-hydrogen) atoms. The summed E-state index contributed by atoms with van der Waals surface area (Å²) < 4.78 is 47.3. The molecule has 4 aromatic carbocycles. The monoisotopic (exact) mass is 695 g/mol. The van der Waals surface area contributed by atoms with Crippen LogP contribution in [0.1, 0.15) is 63.5 Å². The first kappa shape index (κ1) is 34.5. The van der Waals surface area contributed by atoms with Gasteiger partial charge in [-0.2, -0.15) is 13.2 Å². The van der Waals surface area contributed by atoms with Gasteiger partial charge in [0.1, 0.15) is 17.3 Å². The van der Waals surface area contributed by atoms with Gasteiger partial charge in [0.05, 0.1) is 27.9 Å². The van der Waals surface area contributed by atoms with E-state index in [0.717, 1.165) is 42.7 Å². The number of aromatic carboxylic acids is 1. The van der Waals surface area contributed by atoms with E-state index in [1.807, 2.05) is 22.9 Å². The number of carboxylic acid groups (broad SMARTS) is 1. The highest BCUT2D eigenvalue weighted by Gasteiger charge is 2.30. The quantitative estimate of drug-likeness (QED) is 0.136. The highest BCUT2D eigenvalue weighted by molar-refractivity contribution is 6.36. The number of carboxylic acids is 1. The summed E-state index contributed by atoms with van der Waals surface area (Å²) in [6.45, 7) is 2.66. The van der Waals surface area contributed by atoms with Gasteiger partial charge in [0, 0.05) is 28.9 Å². The van der Waals surface area contributed by atoms with Gasteiger partial charge in [-0.15, -0.1) is 0 Å². The lowest BCUT2D eigenvalue weighted by molar-refractivity contribution is -0.137. The number of aromatic nitrogens is 2. The second-order valence-corrected chi connectivity index (χ2v) is 11.9. The average Bonchev–Trinajstić information content (AvgIpc) is 3.48. The van der Waals surface area contributed by atoms with Crippen molar-refractivity contribution in [2.75, 3.05) is 0 Å². The van der Waals surface area contributed by atoms with Gasteiger partial charge in [-0.3, -0.25) is 4.79 Å². The van der Waals surface area contributed by atoms with E-state index >= 15 is 0 Å². The summed E-state index contributed by atoms with van der Waals surface area (Å²) in [4.78, 5) is 29.5. The van der Waals surface area contributed by atoms with Crippen LogP contribution in [0.2, 0.25) is 10.0 Å². The Bertz CT molecular complexity index is 1890. The van der Waals surface area contributed by atoms with Crippen LogP contribution in [-0.2, 0) is 19.1 Å². The summed E-state index contributed by atoms with van der Waals surface area (Å²) in [7, 11) is 0. The summed E-state index contributed by atoms with van der Waals surface area (Å²) in [5.41, 5.74) is 1.41. The van der Waals surface area contributed by atoms with Gasteiger partial charge >= 0.3 is 12.1 Å². The highest BCUT2D eigenvalue weighted by atomic mass is 35.5. The fourth-order valence-electron chi connectivity index (χ4n) is 5.03. The maximum Gasteiger partial charge on any atom is 0.416 e. The molecule has 0 radical (unpaired) electrons. The molecule has 12 heteroatoms. The lowest BCUT2D eigenvalue weighted by atomic mass is 10.0. The van der Waals surface area contributed by atoms with Crippen LogP contribution < -0.4 is 10.1 Å². The maximum absolute atomic E-state index is 13.5. The molecule has 1 aromatic heterocycles. The van der Waals surface area contributed by atoms with Crippen molar-refractivity contribution in [3.8, 4) is 22.8 Å². The molecule has 1 heterocycles. The number of imidazole rings is 1. The Hall–Kier alpha value is -4.80. The normalized spacial score (nSPS) is 12.0. The standard InChI is InChI=1S/C36H30Cl2F3N3O4/c1-2-3-18-44-21-32(29-17-12-26(37)20-30(29)38)42-33(44)31(43-34(45)23-6-10-25(11-7-23)36(39,40)41)19-22-4-13-27(14-5-22)48-28-15-8-24(9-16-28)35(46)47/h4-17,20-21,31H,2-3,18-19H2,1H3,(H,43,45)(H,46,47)/t31-/m0/s1. The number of benzene rings is 4. The number of hydrogen-bond donors (Lipinski definition) is 2. The summed E-state index contributed by atoms with van der Waals surface area (Å²) in [6, 6.07) is 21.6. The van der Waals surface area contributed by atoms with Crippen molar-refractivity contribution in [3.05, 3.63) is 135 Å². The van der Waals surface area contributed by atoms with Crippen molar-refractivity contribution < 1.29 is 32.6 Å². The van der Waals surface area contributed by atoms with Crippen molar-refractivity contribution in [2.24, 2.45) is 0 Å². The van der Waals surface area contributed by atoms with E-state index < -0.39 is 29.7 Å². The van der Waals surface area contributed by atoms with E-state index in [9.17, 15) is 22.8 Å². The van der Waals surface area contributed by atoms with Gasteiger partial charge in [-0.05, 0) is 97.3 Å². The molecule has 5 aromatic rings. The number of ether oxygens (including phenoxy) is 1. The Kier molecular flexibility index (Phi) is 10.8. The Labute approximate surface area is 284 Å². The second-order valence-electron chi connectivity index (χ2n) is 11.0. The number of alkyl halides is 3. The summed E-state index contributed by atoms with van der Waals surface area (Å²) in [5, 5.41) is 13.0. The molecule has 0 saturated heterocycles. The molecule has 5 rings (SSSR count). The molecule has 1 atom stereocenters. The van der Waals surface area contributed by atoms with E-state index in [1.165, 1.54) is 12.1 Å². The summed E-state index contributed by atoms with van der Waals surface area (Å²) >= 11 is 12.6. The number of aryl methyl sites for hydroxylation is 1. The van der Waals surface area contributed by atoms with E-state index in [4.69, 9.17) is 38.0 Å². The Morgan fingerprint density at radius 2 is 1.54 bits per heavy atom. The van der Waals surface area contributed by atoms with Crippen LogP contribution in [0.4, 0.5) is 13.2 Å². The van der Waals surface area contributed by atoms with Crippen LogP contribution in [-0.4, -0.2) is 26.5 Å². The first-order valence-corrected chi connectivity index (χ1v) is 15.8. The zero-order chi connectivity index (χ0) is 34.4. The molecule has 0 aliphatic carbocycles. The van der Waals surface area contributed by atoms with Crippen LogP contribution in [0.25, 0.3) is 11.3 Å². The third-order valence-corrected chi connectivity index (χ3v) is 8.11. The van der Waals surface area contributed by atoms with E-state index in [-0.39, 0.29) is 17.5 Å². The Morgan fingerprint density at radius 1 is 0.917 bits per heavy atom. The zero-order valence-electron chi connectivity index (χ0n) is 25.6. The van der Waals surface area contributed by atoms with Crippen molar-refractivity contribution in [1.82, 2.24) is 14.9 Å². The zero-order valence-corrected chi connectivity index (χ0v) is 27.1. The predicted octanol–water partition coefficient (Wildman–Crippen LogP) is 9.88. The average molecular weight is 697 g/mol. The number of nitrogens with one attached hydrogen (secondary N) is 1. The molecule has 248 valence electrons. The molecule has 7 nitrogen and oxygen atoms in total. The van der Waals surface area contributed by atoms with Crippen LogP contribution >= 0.6 is 23.2 Å². The van der Waals surface area contributed by atoms with Crippen LogP contribution in [0, 0.1) is 0 Å². The largest absolute Gasteiger partial charge is 0.478 e. The third kappa shape index (κ3) is 8.56. The fourth-order valence-corrected chi connectivity index (χ4v) is 5.54. The molecule has 0 aliphatic rings. The first-order valence-electron chi connectivity index (χ1n) is 15.0. The summed E-state index contributed by atoms with van der Waals surface area (Å²) in [6.07, 6.45) is -0.645. The number of halogens is 5. The molecule has 2 N–H and O–H groups in total. The van der Waals surface area contributed by atoms with Gasteiger partial charge in [-0.1, -0.05) is 48.7 Å². The minimum atomic E-state index is -4.53. The lowest BCUT2D eigenvalue weighted by Gasteiger charge is -2.21. The molecule has 0 saturated carbocycles. The number of carbonyl (C=O) groups excluding carboxylic acids is 1. The number of unbranched alkanes of at least 4 members (excludes halogenated alkanes) is 1. The molecule has 0 unspecified atom stereocenters. The molecule has 0 fully saturated rings. The van der Waals surface area contributed by atoms with Gasteiger partial charge < -0.3 is 19.7 Å². The van der Waals surface area contributed by atoms with Crippen LogP contribution in [0.3, 0.4) is 0 Å². The molecular weight excluding hydrogens is 666 g/mol. The molecule has 1 amide bonds. The number of hydrogen-bond acceptors (Lipinski definition) is 4. The van der Waals surface area contributed by atoms with Crippen LogP contribution in [0.15, 0.2) is 97.2 Å².